The zero-order chi connectivity index (χ0) is 18.1. The van der Waals surface area contributed by atoms with Crippen LogP contribution in [0.3, 0.4) is 0 Å². The van der Waals surface area contributed by atoms with Gasteiger partial charge in [0.1, 0.15) is 0 Å². The summed E-state index contributed by atoms with van der Waals surface area (Å²) in [7, 11) is 0. The maximum absolute atomic E-state index is 3.90. The molecule has 0 atom stereocenters. The lowest BCUT2D eigenvalue weighted by molar-refractivity contribution is 0.957. The third-order valence-electron chi connectivity index (χ3n) is 4.48. The minimum absolute atomic E-state index is 1.03. The fourth-order valence-electron chi connectivity index (χ4n) is 2.76. The maximum atomic E-state index is 3.90. The molecule has 0 saturated carbocycles. The highest BCUT2D eigenvalue weighted by Crippen LogP contribution is 2.20. The van der Waals surface area contributed by atoms with Crippen molar-refractivity contribution in [2.24, 2.45) is 0 Å². The standard InChI is InChI=1S/C24H27N/c1-5-22-9-7-8-10-24(22)16-13-21-11-14-23(15-12-21)20(4)19(3)17-18-25-6-2/h5-12,14-15,17-18,25H,1-2,13,16H2,3-4H3/b18-17-,20-19+. The van der Waals surface area contributed by atoms with Gasteiger partial charge in [-0.2, -0.15) is 0 Å². The Labute approximate surface area is 152 Å². The van der Waals surface area contributed by atoms with Crippen molar-refractivity contribution < 1.29 is 0 Å². The van der Waals surface area contributed by atoms with E-state index in [1.54, 1.807) is 6.20 Å². The molecule has 0 radical (unpaired) electrons. The highest BCUT2D eigenvalue weighted by molar-refractivity contribution is 5.68. The fourth-order valence-corrected chi connectivity index (χ4v) is 2.76. The van der Waals surface area contributed by atoms with Gasteiger partial charge in [0.2, 0.25) is 0 Å². The molecule has 0 fully saturated rings. The highest BCUT2D eigenvalue weighted by Gasteiger charge is 2.02. The van der Waals surface area contributed by atoms with E-state index in [0.717, 1.165) is 12.8 Å². The van der Waals surface area contributed by atoms with Crippen LogP contribution >= 0.6 is 0 Å². The first-order chi connectivity index (χ1) is 12.2. The largest absolute Gasteiger partial charge is 0.368 e. The van der Waals surface area contributed by atoms with Gasteiger partial charge in [0.15, 0.2) is 0 Å². The topological polar surface area (TPSA) is 12.0 Å². The van der Waals surface area contributed by atoms with E-state index in [2.05, 4.69) is 86.9 Å². The van der Waals surface area contributed by atoms with Gasteiger partial charge in [-0.25, -0.2) is 0 Å². The van der Waals surface area contributed by atoms with E-state index in [1.165, 1.54) is 33.4 Å². The van der Waals surface area contributed by atoms with E-state index in [-0.39, 0.29) is 0 Å². The summed E-state index contributed by atoms with van der Waals surface area (Å²) >= 11 is 0. The van der Waals surface area contributed by atoms with Gasteiger partial charge < -0.3 is 5.32 Å². The van der Waals surface area contributed by atoms with Crippen LogP contribution < -0.4 is 5.32 Å². The molecule has 0 spiro atoms. The lowest BCUT2D eigenvalue weighted by atomic mass is 9.97. The molecule has 0 heterocycles. The highest BCUT2D eigenvalue weighted by atomic mass is 14.8. The molecule has 2 rings (SSSR count). The first-order valence-corrected chi connectivity index (χ1v) is 8.66. The summed E-state index contributed by atoms with van der Waals surface area (Å²) in [6, 6.07) is 17.3. The zero-order valence-corrected chi connectivity index (χ0v) is 15.3. The first-order valence-electron chi connectivity index (χ1n) is 8.66. The van der Waals surface area contributed by atoms with Crippen LogP contribution in [0.4, 0.5) is 0 Å². The summed E-state index contributed by atoms with van der Waals surface area (Å²) in [6.45, 7) is 11.8. The third-order valence-corrected chi connectivity index (χ3v) is 4.48. The molecular weight excluding hydrogens is 302 g/mol. The molecule has 0 bridgehead atoms. The summed E-state index contributed by atoms with van der Waals surface area (Å²) in [5.41, 5.74) is 7.72. The second-order valence-electron chi connectivity index (χ2n) is 6.11. The van der Waals surface area contributed by atoms with Crippen LogP contribution in [0.25, 0.3) is 11.6 Å². The molecule has 0 aliphatic carbocycles. The van der Waals surface area contributed by atoms with E-state index in [1.807, 2.05) is 12.3 Å². The van der Waals surface area contributed by atoms with Gasteiger partial charge in [0.05, 0.1) is 0 Å². The number of aryl methyl sites for hydroxylation is 2. The van der Waals surface area contributed by atoms with Crippen molar-refractivity contribution in [3.8, 4) is 0 Å². The van der Waals surface area contributed by atoms with E-state index < -0.39 is 0 Å². The van der Waals surface area contributed by atoms with Crippen LogP contribution in [0.2, 0.25) is 0 Å². The number of hydrogen-bond acceptors (Lipinski definition) is 1. The number of allylic oxidation sites excluding steroid dienone is 3. The minimum atomic E-state index is 1.03. The molecule has 25 heavy (non-hydrogen) atoms. The predicted molar refractivity (Wildman–Crippen MR) is 111 cm³/mol. The third kappa shape index (κ3) is 5.36. The van der Waals surface area contributed by atoms with Crippen LogP contribution in [0.1, 0.15) is 36.1 Å². The van der Waals surface area contributed by atoms with Crippen molar-refractivity contribution in [2.75, 3.05) is 0 Å². The van der Waals surface area contributed by atoms with Gasteiger partial charge in [-0.3, -0.25) is 0 Å². The van der Waals surface area contributed by atoms with E-state index in [4.69, 9.17) is 0 Å². The molecule has 1 N–H and O–H groups in total. The van der Waals surface area contributed by atoms with Crippen molar-refractivity contribution in [1.82, 2.24) is 5.32 Å². The van der Waals surface area contributed by atoms with Crippen molar-refractivity contribution >= 4 is 11.6 Å². The molecule has 1 nitrogen and oxygen atoms in total. The Bertz CT molecular complexity index is 776. The number of hydrogen-bond donors (Lipinski definition) is 1. The Hall–Kier alpha value is -2.80. The molecule has 0 aliphatic rings. The summed E-state index contributed by atoms with van der Waals surface area (Å²) in [5, 5.41) is 2.98. The lowest BCUT2D eigenvalue weighted by Gasteiger charge is -2.08. The summed E-state index contributed by atoms with van der Waals surface area (Å²) in [4.78, 5) is 0. The molecule has 128 valence electrons. The summed E-state index contributed by atoms with van der Waals surface area (Å²) in [6.07, 6.45) is 9.64. The molecule has 0 amide bonds. The normalized spacial score (nSPS) is 11.9. The Morgan fingerprint density at radius 2 is 1.68 bits per heavy atom. The zero-order valence-electron chi connectivity index (χ0n) is 15.3. The van der Waals surface area contributed by atoms with Crippen LogP contribution in [-0.2, 0) is 12.8 Å². The van der Waals surface area contributed by atoms with Crippen LogP contribution in [0.5, 0.6) is 0 Å². The van der Waals surface area contributed by atoms with Gasteiger partial charge >= 0.3 is 0 Å². The molecule has 2 aromatic rings. The van der Waals surface area contributed by atoms with Gasteiger partial charge in [-0.1, -0.05) is 67.8 Å². The maximum Gasteiger partial charge on any atom is 0.000693 e. The monoisotopic (exact) mass is 329 g/mol. The Morgan fingerprint density at radius 1 is 0.960 bits per heavy atom. The van der Waals surface area contributed by atoms with Gasteiger partial charge in [0.25, 0.3) is 0 Å². The fraction of sp³-hybridized carbons (Fsp3) is 0.167. The first kappa shape index (κ1) is 18.5. The molecule has 1 heteroatoms. The second-order valence-corrected chi connectivity index (χ2v) is 6.11. The number of nitrogens with one attached hydrogen (secondary N) is 1. The minimum Gasteiger partial charge on any atom is -0.368 e. The van der Waals surface area contributed by atoms with Crippen LogP contribution in [0, 0.1) is 0 Å². The van der Waals surface area contributed by atoms with E-state index in [9.17, 15) is 0 Å². The van der Waals surface area contributed by atoms with Crippen LogP contribution in [-0.4, -0.2) is 0 Å². The summed E-state index contributed by atoms with van der Waals surface area (Å²) in [5.74, 6) is 0. The van der Waals surface area contributed by atoms with Crippen molar-refractivity contribution in [3.63, 3.8) is 0 Å². The Morgan fingerprint density at radius 3 is 2.36 bits per heavy atom. The average molecular weight is 329 g/mol. The van der Waals surface area contributed by atoms with Gasteiger partial charge in [-0.05, 0) is 72.4 Å². The molecular formula is C24H27N. The lowest BCUT2D eigenvalue weighted by Crippen LogP contribution is -1.94. The van der Waals surface area contributed by atoms with Gasteiger partial charge in [0, 0.05) is 6.20 Å². The summed E-state index contributed by atoms with van der Waals surface area (Å²) < 4.78 is 0. The predicted octanol–water partition coefficient (Wildman–Crippen LogP) is 6.16. The Balaban J connectivity index is 2.05. The SMILES string of the molecule is C=CN/C=C\C(C)=C(/C)c1ccc(CCc2ccccc2C=C)cc1. The van der Waals surface area contributed by atoms with E-state index in [0.29, 0.717) is 0 Å². The molecule has 0 aliphatic heterocycles. The average Bonchev–Trinajstić information content (AvgIpc) is 2.66. The molecule has 0 saturated heterocycles. The van der Waals surface area contributed by atoms with Gasteiger partial charge in [-0.15, -0.1) is 0 Å². The second kappa shape index (κ2) is 9.48. The van der Waals surface area contributed by atoms with Crippen molar-refractivity contribution in [3.05, 3.63) is 108 Å². The quantitative estimate of drug-likeness (QED) is 0.572. The van der Waals surface area contributed by atoms with Crippen LogP contribution in [0.15, 0.2) is 85.7 Å². The molecule has 0 aromatic heterocycles. The molecule has 2 aromatic carbocycles. The van der Waals surface area contributed by atoms with Crippen molar-refractivity contribution in [2.45, 2.75) is 26.7 Å². The van der Waals surface area contributed by atoms with Crippen molar-refractivity contribution in [1.29, 1.82) is 0 Å². The smallest absolute Gasteiger partial charge is 0.000693 e. The van der Waals surface area contributed by atoms with E-state index >= 15 is 0 Å². The number of benzene rings is 2. The number of rotatable bonds is 8. The molecule has 0 unspecified atom stereocenters. The Kier molecular flexibility index (Phi) is 7.03.